The number of amides is 1. The lowest BCUT2D eigenvalue weighted by Crippen LogP contribution is -2.38. The van der Waals surface area contributed by atoms with E-state index in [1.807, 2.05) is 54.6 Å². The monoisotopic (exact) mass is 565 g/mol. The highest BCUT2D eigenvalue weighted by Gasteiger charge is 2.20. The molecule has 5 aromatic rings. The molecule has 7 nitrogen and oxygen atoms in total. The molecule has 0 saturated carbocycles. The normalized spacial score (nSPS) is 11.9. The predicted octanol–water partition coefficient (Wildman–Crippen LogP) is 5.43. The molecule has 38 heavy (non-hydrogen) atoms. The number of nitrogens with zero attached hydrogens (tertiary/aromatic N) is 3. The van der Waals surface area contributed by atoms with Gasteiger partial charge >= 0.3 is 0 Å². The first-order chi connectivity index (χ1) is 18.4. The quantitative estimate of drug-likeness (QED) is 0.173. The highest BCUT2D eigenvalue weighted by Crippen LogP contribution is 2.34. The minimum Gasteiger partial charge on any atom is -0.394 e. The molecule has 1 amide bonds. The van der Waals surface area contributed by atoms with Crippen molar-refractivity contribution in [3.8, 4) is 27.5 Å². The summed E-state index contributed by atoms with van der Waals surface area (Å²) < 4.78 is 2.69. The number of aliphatic hydroxyl groups excluding tert-OH is 1. The van der Waals surface area contributed by atoms with Crippen molar-refractivity contribution in [3.63, 3.8) is 0 Å². The van der Waals surface area contributed by atoms with Crippen molar-refractivity contribution in [3.05, 3.63) is 112 Å². The molecule has 0 fully saturated rings. The number of hydrogen-bond acceptors (Lipinski definition) is 5. The summed E-state index contributed by atoms with van der Waals surface area (Å²) in [6, 6.07) is 23.6. The van der Waals surface area contributed by atoms with Crippen LogP contribution in [-0.4, -0.2) is 38.7 Å². The zero-order chi connectivity index (χ0) is 26.6. The Bertz CT molecular complexity index is 1590. The van der Waals surface area contributed by atoms with Crippen LogP contribution in [0.4, 0.5) is 0 Å². The van der Waals surface area contributed by atoms with Gasteiger partial charge in [-0.2, -0.15) is 5.10 Å². The van der Waals surface area contributed by atoms with E-state index in [1.165, 1.54) is 17.5 Å². The number of benzene rings is 2. The number of aromatic nitrogens is 3. The number of carbonyl (C=O) groups excluding carboxylic acids is 1. The third kappa shape index (κ3) is 5.74. The average Bonchev–Trinajstić information content (AvgIpc) is 3.58. The molecule has 3 N–H and O–H groups in total. The zero-order valence-electron chi connectivity index (χ0n) is 20.0. The van der Waals surface area contributed by atoms with Gasteiger partial charge in [-0.15, -0.1) is 11.3 Å². The van der Waals surface area contributed by atoms with E-state index >= 15 is 0 Å². The van der Waals surface area contributed by atoms with E-state index in [-0.39, 0.29) is 12.5 Å². The first-order valence-corrected chi connectivity index (χ1v) is 13.3. The molecule has 3 heterocycles. The number of hydrogen-bond donors (Lipinski definition) is 3. The Morgan fingerprint density at radius 1 is 1.03 bits per heavy atom. The summed E-state index contributed by atoms with van der Waals surface area (Å²) in [6.07, 6.45) is 3.60. The molecule has 0 spiro atoms. The molecule has 0 aliphatic rings. The molecule has 2 aromatic carbocycles. The van der Waals surface area contributed by atoms with Crippen molar-refractivity contribution in [1.29, 1.82) is 0 Å². The van der Waals surface area contributed by atoms with E-state index in [4.69, 9.17) is 28.3 Å². The maximum atomic E-state index is 13.1. The largest absolute Gasteiger partial charge is 0.394 e. The molecule has 1 atom stereocenters. The highest BCUT2D eigenvalue weighted by molar-refractivity contribution is 7.17. The Labute approximate surface area is 233 Å². The Kier molecular flexibility index (Phi) is 7.76. The van der Waals surface area contributed by atoms with Gasteiger partial charge < -0.3 is 10.4 Å². The number of rotatable bonds is 8. The van der Waals surface area contributed by atoms with Crippen LogP contribution < -0.4 is 10.0 Å². The lowest BCUT2D eigenvalue weighted by atomic mass is 10.1. The molecule has 5 rings (SSSR count). The van der Waals surface area contributed by atoms with Gasteiger partial charge in [-0.05, 0) is 54.4 Å². The lowest BCUT2D eigenvalue weighted by molar-refractivity contribution is -0.904. The summed E-state index contributed by atoms with van der Waals surface area (Å²) in [5.74, 6) is -0.263. The van der Waals surface area contributed by atoms with Crippen LogP contribution in [0, 0.1) is 0 Å². The van der Waals surface area contributed by atoms with Crippen LogP contribution in [0.2, 0.25) is 10.0 Å². The summed E-state index contributed by atoms with van der Waals surface area (Å²) in [5.41, 5.74) is 3.78. The van der Waals surface area contributed by atoms with Crippen molar-refractivity contribution >= 4 is 40.4 Å². The van der Waals surface area contributed by atoms with Gasteiger partial charge in [0.05, 0.1) is 55.1 Å². The fourth-order valence-electron chi connectivity index (χ4n) is 4.04. The second-order valence-corrected chi connectivity index (χ2v) is 10.5. The van der Waals surface area contributed by atoms with Crippen molar-refractivity contribution in [2.75, 3.05) is 6.61 Å². The molecular weight excluding hydrogens is 543 g/mol. The predicted molar refractivity (Wildman–Crippen MR) is 148 cm³/mol. The van der Waals surface area contributed by atoms with Gasteiger partial charge in [0, 0.05) is 10.8 Å². The first kappa shape index (κ1) is 25.9. The van der Waals surface area contributed by atoms with Crippen molar-refractivity contribution in [2.24, 2.45) is 0 Å². The van der Waals surface area contributed by atoms with Crippen LogP contribution >= 0.6 is 34.5 Å². The van der Waals surface area contributed by atoms with Gasteiger partial charge in [0.1, 0.15) is 0 Å². The van der Waals surface area contributed by atoms with Gasteiger partial charge in [0.25, 0.3) is 5.91 Å². The van der Waals surface area contributed by atoms with Crippen molar-refractivity contribution in [2.45, 2.75) is 12.5 Å². The third-order valence-corrected chi connectivity index (χ3v) is 7.75. The van der Waals surface area contributed by atoms with Crippen LogP contribution in [0.15, 0.2) is 91.3 Å². The van der Waals surface area contributed by atoms with Crippen LogP contribution in [0.1, 0.15) is 15.2 Å². The van der Waals surface area contributed by atoms with E-state index in [0.717, 1.165) is 20.9 Å². The van der Waals surface area contributed by atoms with E-state index in [2.05, 4.69) is 5.32 Å². The van der Waals surface area contributed by atoms with Crippen molar-refractivity contribution in [1.82, 2.24) is 15.1 Å². The second kappa shape index (κ2) is 11.4. The summed E-state index contributed by atoms with van der Waals surface area (Å²) in [4.78, 5) is 14.4. The topological polar surface area (TPSA) is 91.3 Å². The standard InChI is InChI=1S/C28H22Cl2N4O3S/c29-22-9-8-21(14-23(22)30)34-25(15-24(32-34)19-7-4-12-33(37)16-19)26-10-11-27(38-26)28(36)31-20(17-35)13-18-5-2-1-3-6-18/h1-12,14-16,20,35H,13,17H2,(H-,31,36,37)/p+1/t20-/m0/s1. The first-order valence-electron chi connectivity index (χ1n) is 11.7. The van der Waals surface area contributed by atoms with E-state index in [0.29, 0.717) is 38.3 Å². The maximum Gasteiger partial charge on any atom is 0.261 e. The van der Waals surface area contributed by atoms with E-state index < -0.39 is 6.04 Å². The molecule has 192 valence electrons. The Morgan fingerprint density at radius 2 is 1.84 bits per heavy atom. The average molecular weight is 566 g/mol. The number of carbonyl (C=O) groups is 1. The third-order valence-electron chi connectivity index (χ3n) is 5.90. The lowest BCUT2D eigenvalue weighted by Gasteiger charge is -2.15. The van der Waals surface area contributed by atoms with E-state index in [1.54, 1.807) is 35.1 Å². The Hall–Kier alpha value is -3.69. The Morgan fingerprint density at radius 3 is 2.58 bits per heavy atom. The minimum atomic E-state index is -0.410. The van der Waals surface area contributed by atoms with Crippen LogP contribution in [0.25, 0.3) is 27.5 Å². The minimum absolute atomic E-state index is 0.172. The maximum absolute atomic E-state index is 13.1. The number of thiophene rings is 1. The number of nitrogens with one attached hydrogen (secondary N) is 1. The molecular formula is C28H23Cl2N4O3S+. The number of pyridine rings is 1. The van der Waals surface area contributed by atoms with Crippen LogP contribution in [-0.2, 0) is 6.42 Å². The molecule has 10 heteroatoms. The molecule has 3 aromatic heterocycles. The molecule has 0 radical (unpaired) electrons. The van der Waals surface area contributed by atoms with Crippen LogP contribution in [0.3, 0.4) is 0 Å². The zero-order valence-corrected chi connectivity index (χ0v) is 22.3. The van der Waals surface area contributed by atoms with E-state index in [9.17, 15) is 15.1 Å². The summed E-state index contributed by atoms with van der Waals surface area (Å²) in [7, 11) is 0. The molecule has 0 aliphatic heterocycles. The van der Waals surface area contributed by atoms with Crippen LogP contribution in [0.5, 0.6) is 0 Å². The number of aliphatic hydroxyl groups is 1. The van der Waals surface area contributed by atoms with Gasteiger partial charge in [-0.1, -0.05) is 53.5 Å². The van der Waals surface area contributed by atoms with Gasteiger partial charge in [-0.25, -0.2) is 4.68 Å². The smallest absolute Gasteiger partial charge is 0.261 e. The summed E-state index contributed by atoms with van der Waals surface area (Å²) in [6.45, 7) is -0.172. The SMILES string of the molecule is O=C(N[C@H](CO)Cc1ccccc1)c1ccc(-c2cc(-c3ccc[n+](O)c3)nn2-c2ccc(Cl)c(Cl)c2)s1. The fourth-order valence-corrected chi connectivity index (χ4v) is 5.24. The molecule has 0 unspecified atom stereocenters. The van der Waals surface area contributed by atoms with Gasteiger partial charge in [0.15, 0.2) is 0 Å². The fraction of sp³-hybridized carbons (Fsp3) is 0.107. The van der Waals surface area contributed by atoms with Gasteiger partial charge in [-0.3, -0.25) is 10.0 Å². The second-order valence-electron chi connectivity index (χ2n) is 8.60. The molecule has 0 bridgehead atoms. The van der Waals surface area contributed by atoms with Gasteiger partial charge in [0.2, 0.25) is 12.4 Å². The molecule has 0 saturated heterocycles. The Balaban J connectivity index is 1.46. The summed E-state index contributed by atoms with van der Waals surface area (Å²) >= 11 is 13.7. The van der Waals surface area contributed by atoms with Crippen molar-refractivity contribution < 1.29 is 19.8 Å². The summed E-state index contributed by atoms with van der Waals surface area (Å²) in [5, 5.41) is 28.2. The molecule has 0 aliphatic carbocycles. The number of halogens is 2. The highest BCUT2D eigenvalue weighted by atomic mass is 35.5.